The van der Waals surface area contributed by atoms with Crippen molar-refractivity contribution in [3.8, 4) is 11.6 Å². The number of rotatable bonds is 3. The molecule has 17 heavy (non-hydrogen) atoms. The molecule has 0 atom stereocenters. The third-order valence-corrected chi connectivity index (χ3v) is 3.32. The van der Waals surface area contributed by atoms with Crippen LogP contribution in [0.4, 0.5) is 0 Å². The lowest BCUT2D eigenvalue weighted by atomic mass is 10.2. The Kier molecular flexibility index (Phi) is 4.30. The normalized spacial score (nSPS) is 10.3. The molecule has 0 unspecified atom stereocenters. The number of ether oxygens (including phenoxy) is 1. The lowest BCUT2D eigenvalue weighted by molar-refractivity contribution is 0.452. The van der Waals surface area contributed by atoms with Crippen LogP contribution in [0, 0.1) is 3.57 Å². The molecule has 1 aromatic carbocycles. The van der Waals surface area contributed by atoms with Gasteiger partial charge in [-0.15, -0.1) is 0 Å². The van der Waals surface area contributed by atoms with Gasteiger partial charge in [0.1, 0.15) is 12.1 Å². The predicted octanol–water partition coefficient (Wildman–Crippen LogP) is 3.09. The molecule has 88 valence electrons. The smallest absolute Gasteiger partial charge is 0.235 e. The van der Waals surface area contributed by atoms with E-state index in [1.807, 2.05) is 18.2 Å². The molecule has 0 aliphatic heterocycles. The fraction of sp³-hybridized carbons (Fsp3) is 0.0909. The molecule has 0 fully saturated rings. The molecule has 1 aromatic heterocycles. The van der Waals surface area contributed by atoms with Crippen LogP contribution in [0.1, 0.15) is 5.56 Å². The van der Waals surface area contributed by atoms with Crippen LogP contribution in [-0.4, -0.2) is 9.97 Å². The minimum Gasteiger partial charge on any atom is -0.437 e. The van der Waals surface area contributed by atoms with E-state index in [2.05, 4.69) is 48.5 Å². The molecule has 4 nitrogen and oxygen atoms in total. The van der Waals surface area contributed by atoms with Crippen molar-refractivity contribution >= 4 is 38.5 Å². The minimum absolute atomic E-state index is 0.413. The van der Waals surface area contributed by atoms with Crippen molar-refractivity contribution < 1.29 is 4.74 Å². The first-order chi connectivity index (χ1) is 8.20. The van der Waals surface area contributed by atoms with Crippen molar-refractivity contribution in [2.45, 2.75) is 6.54 Å². The van der Waals surface area contributed by atoms with Crippen molar-refractivity contribution in [3.63, 3.8) is 0 Å². The van der Waals surface area contributed by atoms with E-state index >= 15 is 0 Å². The Morgan fingerprint density at radius 1 is 1.41 bits per heavy atom. The number of halogens is 2. The van der Waals surface area contributed by atoms with Gasteiger partial charge in [0, 0.05) is 22.8 Å². The van der Waals surface area contributed by atoms with E-state index < -0.39 is 0 Å². The zero-order valence-corrected chi connectivity index (χ0v) is 12.5. The van der Waals surface area contributed by atoms with Gasteiger partial charge in [-0.3, -0.25) is 0 Å². The van der Waals surface area contributed by atoms with Gasteiger partial charge < -0.3 is 10.5 Å². The molecule has 0 saturated carbocycles. The largest absolute Gasteiger partial charge is 0.437 e. The first kappa shape index (κ1) is 12.7. The molecule has 0 bridgehead atoms. The second-order valence-electron chi connectivity index (χ2n) is 3.23. The highest BCUT2D eigenvalue weighted by atomic mass is 127. The molecular formula is C11H9BrIN3O. The topological polar surface area (TPSA) is 61.0 Å². The van der Waals surface area contributed by atoms with Crippen molar-refractivity contribution in [1.82, 2.24) is 9.97 Å². The van der Waals surface area contributed by atoms with Crippen LogP contribution in [-0.2, 0) is 6.54 Å². The Morgan fingerprint density at radius 3 is 2.94 bits per heavy atom. The van der Waals surface area contributed by atoms with Gasteiger partial charge in [-0.05, 0) is 40.8 Å². The SMILES string of the molecule is NCc1cc(Br)ccc1Oc1ncncc1I. The van der Waals surface area contributed by atoms with Gasteiger partial charge in [-0.25, -0.2) is 9.97 Å². The van der Waals surface area contributed by atoms with Gasteiger partial charge in [0.2, 0.25) is 5.88 Å². The van der Waals surface area contributed by atoms with E-state index in [4.69, 9.17) is 10.5 Å². The Labute approximate surface area is 121 Å². The quantitative estimate of drug-likeness (QED) is 0.797. The second kappa shape index (κ2) is 5.74. The number of hydrogen-bond acceptors (Lipinski definition) is 4. The first-order valence-electron chi connectivity index (χ1n) is 4.82. The number of hydrogen-bond donors (Lipinski definition) is 1. The van der Waals surface area contributed by atoms with E-state index in [-0.39, 0.29) is 0 Å². The third-order valence-electron chi connectivity index (χ3n) is 2.08. The summed E-state index contributed by atoms with van der Waals surface area (Å²) in [5.41, 5.74) is 6.60. The fourth-order valence-electron chi connectivity index (χ4n) is 1.29. The van der Waals surface area contributed by atoms with Crippen LogP contribution in [0.15, 0.2) is 35.2 Å². The first-order valence-corrected chi connectivity index (χ1v) is 6.69. The monoisotopic (exact) mass is 405 g/mol. The maximum Gasteiger partial charge on any atom is 0.235 e. The van der Waals surface area contributed by atoms with E-state index in [9.17, 15) is 0 Å². The Morgan fingerprint density at radius 2 is 2.24 bits per heavy atom. The maximum absolute atomic E-state index is 5.73. The van der Waals surface area contributed by atoms with Crippen LogP contribution in [0.25, 0.3) is 0 Å². The third kappa shape index (κ3) is 3.14. The van der Waals surface area contributed by atoms with E-state index in [0.29, 0.717) is 18.2 Å². The highest BCUT2D eigenvalue weighted by Gasteiger charge is 2.08. The molecule has 0 saturated heterocycles. The number of benzene rings is 1. The van der Waals surface area contributed by atoms with Gasteiger partial charge in [-0.2, -0.15) is 0 Å². The predicted molar refractivity (Wildman–Crippen MR) is 76.9 cm³/mol. The molecule has 2 rings (SSSR count). The zero-order valence-electron chi connectivity index (χ0n) is 8.73. The molecule has 0 aliphatic rings. The van der Waals surface area contributed by atoms with Crippen molar-refractivity contribution in [1.29, 1.82) is 0 Å². The van der Waals surface area contributed by atoms with E-state index in [1.54, 1.807) is 6.20 Å². The summed E-state index contributed by atoms with van der Waals surface area (Å²) in [7, 11) is 0. The van der Waals surface area contributed by atoms with Crippen LogP contribution < -0.4 is 10.5 Å². The number of nitrogens with zero attached hydrogens (tertiary/aromatic N) is 2. The minimum atomic E-state index is 0.413. The number of nitrogens with two attached hydrogens (primary N) is 1. The summed E-state index contributed by atoms with van der Waals surface area (Å²) in [6.07, 6.45) is 3.16. The van der Waals surface area contributed by atoms with Gasteiger partial charge in [0.05, 0.1) is 3.57 Å². The lowest BCUT2D eigenvalue weighted by Gasteiger charge is -2.10. The summed E-state index contributed by atoms with van der Waals surface area (Å²) in [4.78, 5) is 7.99. The van der Waals surface area contributed by atoms with E-state index in [0.717, 1.165) is 13.6 Å². The van der Waals surface area contributed by atoms with Gasteiger partial charge in [-0.1, -0.05) is 15.9 Å². The zero-order chi connectivity index (χ0) is 12.3. The molecule has 0 amide bonds. The van der Waals surface area contributed by atoms with E-state index in [1.165, 1.54) is 6.33 Å². The maximum atomic E-state index is 5.73. The lowest BCUT2D eigenvalue weighted by Crippen LogP contribution is -2.01. The molecule has 1 heterocycles. The van der Waals surface area contributed by atoms with Gasteiger partial charge in [0.25, 0.3) is 0 Å². The van der Waals surface area contributed by atoms with Crippen LogP contribution in [0.2, 0.25) is 0 Å². The summed E-state index contributed by atoms with van der Waals surface area (Å²) in [5, 5.41) is 0. The Balaban J connectivity index is 2.33. The van der Waals surface area contributed by atoms with Crippen molar-refractivity contribution in [2.75, 3.05) is 0 Å². The van der Waals surface area contributed by atoms with Crippen LogP contribution in [0.5, 0.6) is 11.6 Å². The Hall–Kier alpha value is -0.730. The molecular weight excluding hydrogens is 397 g/mol. The van der Waals surface area contributed by atoms with Crippen molar-refractivity contribution in [3.05, 3.63) is 44.3 Å². The fourth-order valence-corrected chi connectivity index (χ4v) is 2.11. The summed E-state index contributed by atoms with van der Waals surface area (Å²) < 4.78 is 7.56. The highest BCUT2D eigenvalue weighted by molar-refractivity contribution is 14.1. The second-order valence-corrected chi connectivity index (χ2v) is 5.31. The standard InChI is InChI=1S/C11H9BrIN3O/c12-8-1-2-10(7(3-8)4-14)17-11-9(13)5-15-6-16-11/h1-3,5-6H,4,14H2. The summed E-state index contributed by atoms with van der Waals surface area (Å²) in [6.45, 7) is 0.413. The molecule has 0 spiro atoms. The molecule has 0 aliphatic carbocycles. The molecule has 6 heteroatoms. The molecule has 2 aromatic rings. The summed E-state index contributed by atoms with van der Waals surface area (Å²) in [5.74, 6) is 1.25. The molecule has 2 N–H and O–H groups in total. The summed E-state index contributed by atoms with van der Waals surface area (Å²) in [6, 6.07) is 5.70. The Bertz CT molecular complexity index is 536. The van der Waals surface area contributed by atoms with Crippen LogP contribution in [0.3, 0.4) is 0 Å². The van der Waals surface area contributed by atoms with Gasteiger partial charge in [0.15, 0.2) is 0 Å². The average molecular weight is 406 g/mol. The highest BCUT2D eigenvalue weighted by Crippen LogP contribution is 2.28. The summed E-state index contributed by atoms with van der Waals surface area (Å²) >= 11 is 5.53. The van der Waals surface area contributed by atoms with Gasteiger partial charge >= 0.3 is 0 Å². The number of aromatic nitrogens is 2. The molecule has 0 radical (unpaired) electrons. The van der Waals surface area contributed by atoms with Crippen molar-refractivity contribution in [2.24, 2.45) is 5.73 Å². The average Bonchev–Trinajstić information content (AvgIpc) is 2.34. The van der Waals surface area contributed by atoms with Crippen LogP contribution >= 0.6 is 38.5 Å².